The highest BCUT2D eigenvalue weighted by Gasteiger charge is 2.36. The Morgan fingerprint density at radius 1 is 1.20 bits per heavy atom. The van der Waals surface area contributed by atoms with Crippen LogP contribution >= 0.6 is 11.6 Å². The zero-order chi connectivity index (χ0) is 17.6. The second kappa shape index (κ2) is 6.15. The smallest absolute Gasteiger partial charge is 0.260 e. The Morgan fingerprint density at radius 3 is 2.72 bits per heavy atom. The van der Waals surface area contributed by atoms with Crippen molar-refractivity contribution in [2.24, 2.45) is 5.92 Å². The summed E-state index contributed by atoms with van der Waals surface area (Å²) < 4.78 is 13.9. The second-order valence-electron chi connectivity index (χ2n) is 6.41. The van der Waals surface area contributed by atoms with Crippen molar-refractivity contribution in [1.29, 1.82) is 0 Å². The van der Waals surface area contributed by atoms with E-state index in [9.17, 15) is 14.0 Å². The molecule has 1 N–H and O–H groups in total. The molecule has 6 heteroatoms. The minimum absolute atomic E-state index is 0.0594. The summed E-state index contributed by atoms with van der Waals surface area (Å²) in [6.45, 7) is 0.668. The second-order valence-corrected chi connectivity index (χ2v) is 6.82. The Balaban J connectivity index is 1.59. The van der Waals surface area contributed by atoms with Crippen LogP contribution in [0.25, 0.3) is 0 Å². The molecule has 2 aromatic carbocycles. The molecule has 1 saturated carbocycles. The van der Waals surface area contributed by atoms with Crippen molar-refractivity contribution in [3.05, 3.63) is 58.4 Å². The van der Waals surface area contributed by atoms with Crippen molar-refractivity contribution >= 4 is 34.8 Å². The molecule has 0 atom stereocenters. The number of nitrogens with zero attached hydrogens (tertiary/aromatic N) is 1. The number of amides is 2. The van der Waals surface area contributed by atoms with Gasteiger partial charge in [0.2, 0.25) is 5.91 Å². The van der Waals surface area contributed by atoms with Gasteiger partial charge in [0.25, 0.3) is 5.91 Å². The molecule has 0 spiro atoms. The SMILES string of the molecule is O=C(Nc1ccc2c(c1)N(C(=O)C1CC1)CC2)c1c(F)cccc1Cl. The highest BCUT2D eigenvalue weighted by atomic mass is 35.5. The van der Waals surface area contributed by atoms with E-state index in [0.717, 1.165) is 30.5 Å². The minimum Gasteiger partial charge on any atom is -0.322 e. The van der Waals surface area contributed by atoms with Gasteiger partial charge in [0.05, 0.1) is 10.6 Å². The summed E-state index contributed by atoms with van der Waals surface area (Å²) in [5, 5.41) is 2.73. The van der Waals surface area contributed by atoms with Gasteiger partial charge >= 0.3 is 0 Å². The Morgan fingerprint density at radius 2 is 2.00 bits per heavy atom. The molecule has 1 aliphatic heterocycles. The molecule has 0 radical (unpaired) electrons. The van der Waals surface area contributed by atoms with Gasteiger partial charge in [0.15, 0.2) is 0 Å². The molecule has 0 unspecified atom stereocenters. The van der Waals surface area contributed by atoms with Crippen molar-refractivity contribution in [1.82, 2.24) is 0 Å². The summed E-state index contributed by atoms with van der Waals surface area (Å²) >= 11 is 5.94. The number of benzene rings is 2. The molecule has 4 rings (SSSR count). The fourth-order valence-corrected chi connectivity index (χ4v) is 3.39. The van der Waals surface area contributed by atoms with Crippen molar-refractivity contribution in [3.8, 4) is 0 Å². The lowest BCUT2D eigenvalue weighted by atomic mass is 10.1. The number of halogens is 2. The van der Waals surface area contributed by atoms with Crippen LogP contribution in [0.2, 0.25) is 5.02 Å². The summed E-state index contributed by atoms with van der Waals surface area (Å²) in [7, 11) is 0. The maximum atomic E-state index is 13.9. The van der Waals surface area contributed by atoms with E-state index in [1.54, 1.807) is 17.0 Å². The maximum absolute atomic E-state index is 13.9. The van der Waals surface area contributed by atoms with Crippen LogP contribution in [0.1, 0.15) is 28.8 Å². The van der Waals surface area contributed by atoms with E-state index < -0.39 is 11.7 Å². The first-order chi connectivity index (χ1) is 12.0. The topological polar surface area (TPSA) is 49.4 Å². The van der Waals surface area contributed by atoms with E-state index in [4.69, 9.17) is 11.6 Å². The quantitative estimate of drug-likeness (QED) is 0.900. The van der Waals surface area contributed by atoms with Gasteiger partial charge in [-0.25, -0.2) is 4.39 Å². The highest BCUT2D eigenvalue weighted by Crippen LogP contribution is 2.37. The maximum Gasteiger partial charge on any atom is 0.260 e. The average Bonchev–Trinajstić information content (AvgIpc) is 3.34. The molecule has 1 aliphatic carbocycles. The molecule has 25 heavy (non-hydrogen) atoms. The number of anilines is 2. The van der Waals surface area contributed by atoms with Gasteiger partial charge in [0.1, 0.15) is 5.82 Å². The molecule has 0 saturated heterocycles. The molecule has 4 nitrogen and oxygen atoms in total. The molecule has 2 aromatic rings. The monoisotopic (exact) mass is 358 g/mol. The summed E-state index contributed by atoms with van der Waals surface area (Å²) in [5.41, 5.74) is 2.24. The Kier molecular flexibility index (Phi) is 3.96. The highest BCUT2D eigenvalue weighted by molar-refractivity contribution is 6.34. The van der Waals surface area contributed by atoms with Crippen LogP contribution in [-0.2, 0) is 11.2 Å². The lowest BCUT2D eigenvalue weighted by Crippen LogP contribution is -2.30. The van der Waals surface area contributed by atoms with Crippen LogP contribution in [0.15, 0.2) is 36.4 Å². The summed E-state index contributed by atoms with van der Waals surface area (Å²) in [6.07, 6.45) is 2.71. The van der Waals surface area contributed by atoms with E-state index in [2.05, 4.69) is 5.32 Å². The van der Waals surface area contributed by atoms with Crippen molar-refractivity contribution in [2.45, 2.75) is 19.3 Å². The van der Waals surface area contributed by atoms with Crippen LogP contribution in [0.3, 0.4) is 0 Å². The zero-order valence-electron chi connectivity index (χ0n) is 13.4. The molecule has 1 fully saturated rings. The van der Waals surface area contributed by atoms with Crippen molar-refractivity contribution < 1.29 is 14.0 Å². The zero-order valence-corrected chi connectivity index (χ0v) is 14.1. The largest absolute Gasteiger partial charge is 0.322 e. The summed E-state index contributed by atoms with van der Waals surface area (Å²) in [6, 6.07) is 9.54. The number of carbonyl (C=O) groups excluding carboxylic acids is 2. The third kappa shape index (κ3) is 3.00. The van der Waals surface area contributed by atoms with Gasteiger partial charge in [-0.3, -0.25) is 9.59 Å². The number of fused-ring (bicyclic) bond motifs is 1. The van der Waals surface area contributed by atoms with Crippen molar-refractivity contribution in [3.63, 3.8) is 0 Å². The number of hydrogen-bond acceptors (Lipinski definition) is 2. The predicted octanol–water partition coefficient (Wildman–Crippen LogP) is 4.03. The number of hydrogen-bond donors (Lipinski definition) is 1. The van der Waals surface area contributed by atoms with Crippen LogP contribution in [0.5, 0.6) is 0 Å². The van der Waals surface area contributed by atoms with E-state index in [-0.39, 0.29) is 22.4 Å². The van der Waals surface area contributed by atoms with Crippen molar-refractivity contribution in [2.75, 3.05) is 16.8 Å². The van der Waals surface area contributed by atoms with Gasteiger partial charge in [-0.05, 0) is 49.1 Å². The van der Waals surface area contributed by atoms with E-state index in [1.807, 2.05) is 6.07 Å². The van der Waals surface area contributed by atoms with Gasteiger partial charge in [-0.1, -0.05) is 23.7 Å². The number of nitrogens with one attached hydrogen (secondary N) is 1. The van der Waals surface area contributed by atoms with Gasteiger partial charge in [0, 0.05) is 23.8 Å². The van der Waals surface area contributed by atoms with Crippen LogP contribution in [0, 0.1) is 11.7 Å². The molecule has 2 amide bonds. The van der Waals surface area contributed by atoms with Crippen LogP contribution in [0.4, 0.5) is 15.8 Å². The fourth-order valence-electron chi connectivity index (χ4n) is 3.14. The summed E-state index contributed by atoms with van der Waals surface area (Å²) in [4.78, 5) is 26.6. The Labute approximate surface area is 149 Å². The first kappa shape index (κ1) is 16.1. The van der Waals surface area contributed by atoms with E-state index in [0.29, 0.717) is 12.2 Å². The fraction of sp³-hybridized carbons (Fsp3) is 0.263. The lowest BCUT2D eigenvalue weighted by molar-refractivity contribution is -0.119. The van der Waals surface area contributed by atoms with Gasteiger partial charge in [-0.2, -0.15) is 0 Å². The Hall–Kier alpha value is -2.40. The third-order valence-corrected chi connectivity index (χ3v) is 4.94. The molecule has 0 bridgehead atoms. The standard InChI is InChI=1S/C19H16ClFN2O2/c20-14-2-1-3-15(21)17(14)18(24)22-13-7-6-11-8-9-23(16(11)10-13)19(25)12-4-5-12/h1-3,6-7,10,12H,4-5,8-9H2,(H,22,24). The normalized spacial score (nSPS) is 15.8. The first-order valence-electron chi connectivity index (χ1n) is 8.24. The number of rotatable bonds is 3. The predicted molar refractivity (Wildman–Crippen MR) is 94.6 cm³/mol. The molecular weight excluding hydrogens is 343 g/mol. The molecule has 2 aliphatic rings. The van der Waals surface area contributed by atoms with Gasteiger partial charge in [-0.15, -0.1) is 0 Å². The molecular formula is C19H16ClFN2O2. The van der Waals surface area contributed by atoms with Crippen LogP contribution < -0.4 is 10.2 Å². The molecule has 128 valence electrons. The van der Waals surface area contributed by atoms with Gasteiger partial charge < -0.3 is 10.2 Å². The Bertz CT molecular complexity index is 859. The average molecular weight is 359 g/mol. The third-order valence-electron chi connectivity index (χ3n) is 4.62. The first-order valence-corrected chi connectivity index (χ1v) is 8.62. The molecule has 0 aromatic heterocycles. The van der Waals surface area contributed by atoms with E-state index in [1.165, 1.54) is 18.2 Å². The summed E-state index contributed by atoms with van der Waals surface area (Å²) in [5.74, 6) is -0.987. The minimum atomic E-state index is -0.670. The molecule has 1 heterocycles. The van der Waals surface area contributed by atoms with Crippen LogP contribution in [-0.4, -0.2) is 18.4 Å². The number of carbonyl (C=O) groups is 2. The van der Waals surface area contributed by atoms with E-state index >= 15 is 0 Å². The lowest BCUT2D eigenvalue weighted by Gasteiger charge is -2.18.